The first-order valence-corrected chi connectivity index (χ1v) is 6.85. The molecule has 1 aliphatic rings. The Kier molecular flexibility index (Phi) is 4.96. The summed E-state index contributed by atoms with van der Waals surface area (Å²) in [4.78, 5) is 26.6. The summed E-state index contributed by atoms with van der Waals surface area (Å²) in [5, 5.41) is 8.71. The maximum absolute atomic E-state index is 11.9. The van der Waals surface area contributed by atoms with Crippen molar-refractivity contribution in [1.82, 2.24) is 9.80 Å². The van der Waals surface area contributed by atoms with Gasteiger partial charge in [-0.2, -0.15) is 0 Å². The minimum absolute atomic E-state index is 0.0462. The van der Waals surface area contributed by atoms with Gasteiger partial charge in [0.2, 0.25) is 0 Å². The summed E-state index contributed by atoms with van der Waals surface area (Å²) in [7, 11) is 1.63. The molecular formula is C16H18N2O3. The van der Waals surface area contributed by atoms with E-state index in [0.717, 1.165) is 11.1 Å². The van der Waals surface area contributed by atoms with Crippen LogP contribution >= 0.6 is 0 Å². The van der Waals surface area contributed by atoms with E-state index in [4.69, 9.17) is 5.11 Å². The van der Waals surface area contributed by atoms with Crippen LogP contribution in [0, 0.1) is 11.8 Å². The molecule has 0 spiro atoms. The Morgan fingerprint density at radius 2 is 2.05 bits per heavy atom. The van der Waals surface area contributed by atoms with Crippen LogP contribution in [-0.4, -0.2) is 53.5 Å². The normalized spacial score (nSPS) is 15.0. The first kappa shape index (κ1) is 15.1. The van der Waals surface area contributed by atoms with E-state index in [-0.39, 0.29) is 6.61 Å². The van der Waals surface area contributed by atoms with E-state index in [1.54, 1.807) is 11.9 Å². The topological polar surface area (TPSA) is 60.9 Å². The number of carbonyl (C=O) groups is 2. The predicted octanol–water partition coefficient (Wildman–Crippen LogP) is 0.221. The molecule has 1 saturated heterocycles. The molecule has 1 N–H and O–H groups in total. The molecule has 21 heavy (non-hydrogen) atoms. The van der Waals surface area contributed by atoms with Gasteiger partial charge >= 0.3 is 11.8 Å². The lowest BCUT2D eigenvalue weighted by atomic mass is 10.1. The van der Waals surface area contributed by atoms with Crippen molar-refractivity contribution in [3.63, 3.8) is 0 Å². The maximum atomic E-state index is 11.9. The van der Waals surface area contributed by atoms with Crippen LogP contribution in [0.15, 0.2) is 24.3 Å². The van der Waals surface area contributed by atoms with Crippen LogP contribution in [0.3, 0.4) is 0 Å². The summed E-state index contributed by atoms with van der Waals surface area (Å²) in [5.41, 5.74) is 1.78. The van der Waals surface area contributed by atoms with Crippen LogP contribution in [0.4, 0.5) is 0 Å². The number of nitrogens with zero attached hydrogens (tertiary/aromatic N) is 2. The molecule has 0 saturated carbocycles. The highest BCUT2D eigenvalue weighted by molar-refractivity contribution is 6.35. The third-order valence-electron chi connectivity index (χ3n) is 3.29. The zero-order chi connectivity index (χ0) is 15.2. The van der Waals surface area contributed by atoms with Gasteiger partial charge < -0.3 is 14.9 Å². The second-order valence-electron chi connectivity index (χ2n) is 4.93. The zero-order valence-electron chi connectivity index (χ0n) is 12.0. The van der Waals surface area contributed by atoms with Crippen molar-refractivity contribution in [2.45, 2.75) is 13.0 Å². The van der Waals surface area contributed by atoms with E-state index in [0.29, 0.717) is 26.1 Å². The molecule has 0 atom stereocenters. The first-order chi connectivity index (χ1) is 10.1. The van der Waals surface area contributed by atoms with Crippen molar-refractivity contribution in [3.05, 3.63) is 35.4 Å². The second kappa shape index (κ2) is 6.91. The van der Waals surface area contributed by atoms with Crippen molar-refractivity contribution in [2.24, 2.45) is 0 Å². The van der Waals surface area contributed by atoms with Gasteiger partial charge in [0.1, 0.15) is 0 Å². The highest BCUT2D eigenvalue weighted by atomic mass is 16.3. The molecule has 1 aromatic carbocycles. The van der Waals surface area contributed by atoms with Gasteiger partial charge in [-0.25, -0.2) is 0 Å². The fourth-order valence-electron chi connectivity index (χ4n) is 2.11. The largest absolute Gasteiger partial charge is 0.395 e. The van der Waals surface area contributed by atoms with Crippen molar-refractivity contribution in [3.8, 4) is 11.8 Å². The Labute approximate surface area is 124 Å². The Hall–Kier alpha value is -2.32. The average Bonchev–Trinajstić information content (AvgIpc) is 2.49. The van der Waals surface area contributed by atoms with Crippen molar-refractivity contribution >= 4 is 11.8 Å². The van der Waals surface area contributed by atoms with E-state index >= 15 is 0 Å². The highest BCUT2D eigenvalue weighted by Crippen LogP contribution is 2.11. The van der Waals surface area contributed by atoms with Crippen LogP contribution in [0.5, 0.6) is 0 Å². The molecule has 5 nitrogen and oxygen atoms in total. The summed E-state index contributed by atoms with van der Waals surface area (Å²) < 4.78 is 0. The quantitative estimate of drug-likeness (QED) is 0.639. The van der Waals surface area contributed by atoms with Crippen LogP contribution < -0.4 is 0 Å². The zero-order valence-corrected chi connectivity index (χ0v) is 12.0. The molecule has 2 rings (SSSR count). The minimum Gasteiger partial charge on any atom is -0.395 e. The molecule has 0 aromatic heterocycles. The Morgan fingerprint density at radius 1 is 1.24 bits per heavy atom. The molecule has 1 heterocycles. The Balaban J connectivity index is 2.07. The average molecular weight is 286 g/mol. The van der Waals surface area contributed by atoms with Gasteiger partial charge in [0.15, 0.2) is 0 Å². The fraction of sp³-hybridized carbons (Fsp3) is 0.375. The number of hydrogen-bond donors (Lipinski definition) is 1. The van der Waals surface area contributed by atoms with E-state index in [9.17, 15) is 9.59 Å². The summed E-state index contributed by atoms with van der Waals surface area (Å²) >= 11 is 0. The van der Waals surface area contributed by atoms with Crippen molar-refractivity contribution < 1.29 is 14.7 Å². The summed E-state index contributed by atoms with van der Waals surface area (Å²) in [5.74, 6) is 4.91. The van der Waals surface area contributed by atoms with Crippen molar-refractivity contribution in [2.75, 3.05) is 26.7 Å². The van der Waals surface area contributed by atoms with Gasteiger partial charge in [0.05, 0.1) is 6.61 Å². The molecule has 0 radical (unpaired) electrons. The van der Waals surface area contributed by atoms with Gasteiger partial charge in [0.25, 0.3) is 0 Å². The van der Waals surface area contributed by atoms with Crippen LogP contribution in [0.25, 0.3) is 0 Å². The number of carbonyl (C=O) groups excluding carboxylic acids is 2. The first-order valence-electron chi connectivity index (χ1n) is 6.85. The van der Waals surface area contributed by atoms with E-state index in [1.807, 2.05) is 24.3 Å². The Morgan fingerprint density at radius 3 is 2.81 bits per heavy atom. The van der Waals surface area contributed by atoms with Crippen LogP contribution in [0.1, 0.15) is 17.5 Å². The highest BCUT2D eigenvalue weighted by Gasteiger charge is 2.29. The van der Waals surface area contributed by atoms with Gasteiger partial charge in [-0.1, -0.05) is 24.0 Å². The third kappa shape index (κ3) is 3.83. The maximum Gasteiger partial charge on any atom is 0.312 e. The molecule has 0 unspecified atom stereocenters. The SMILES string of the molecule is CN1CCN(Cc2cccc(C#CCCO)c2)C(=O)C1=O. The molecule has 1 aliphatic heterocycles. The molecule has 110 valence electrons. The second-order valence-corrected chi connectivity index (χ2v) is 4.93. The number of hydrogen-bond acceptors (Lipinski definition) is 3. The molecule has 0 bridgehead atoms. The van der Waals surface area contributed by atoms with Crippen LogP contribution in [-0.2, 0) is 16.1 Å². The standard InChI is InChI=1S/C16H18N2O3/c1-17-8-9-18(16(21)15(17)20)12-14-7-4-6-13(11-14)5-2-3-10-19/h4,6-7,11,19H,3,8-10,12H2,1H3. The fourth-order valence-corrected chi connectivity index (χ4v) is 2.11. The van der Waals surface area contributed by atoms with E-state index < -0.39 is 11.8 Å². The van der Waals surface area contributed by atoms with Crippen molar-refractivity contribution in [1.29, 1.82) is 0 Å². The molecule has 0 aliphatic carbocycles. The number of likely N-dealkylation sites (N-methyl/N-ethyl adjacent to an activating group) is 1. The van der Waals surface area contributed by atoms with E-state index in [2.05, 4.69) is 11.8 Å². The molecule has 5 heteroatoms. The molecular weight excluding hydrogens is 268 g/mol. The van der Waals surface area contributed by atoms with Crippen LogP contribution in [0.2, 0.25) is 0 Å². The lowest BCUT2D eigenvalue weighted by Gasteiger charge is -2.31. The molecule has 1 aromatic rings. The van der Waals surface area contributed by atoms with E-state index in [1.165, 1.54) is 4.90 Å². The number of rotatable bonds is 3. The van der Waals surface area contributed by atoms with Gasteiger partial charge in [-0.3, -0.25) is 9.59 Å². The smallest absolute Gasteiger partial charge is 0.312 e. The monoisotopic (exact) mass is 286 g/mol. The number of benzene rings is 1. The number of aliphatic hydroxyl groups excluding tert-OH is 1. The lowest BCUT2D eigenvalue weighted by Crippen LogP contribution is -2.52. The van der Waals surface area contributed by atoms with Gasteiger partial charge in [0, 0.05) is 38.7 Å². The molecule has 1 fully saturated rings. The summed E-state index contributed by atoms with van der Waals surface area (Å²) in [6.07, 6.45) is 0.440. The third-order valence-corrected chi connectivity index (χ3v) is 3.29. The number of piperazine rings is 1. The minimum atomic E-state index is -0.458. The summed E-state index contributed by atoms with van der Waals surface area (Å²) in [6.45, 7) is 1.56. The van der Waals surface area contributed by atoms with Gasteiger partial charge in [-0.15, -0.1) is 0 Å². The number of amides is 2. The Bertz CT molecular complexity index is 601. The molecule has 2 amide bonds. The van der Waals surface area contributed by atoms with Gasteiger partial charge in [-0.05, 0) is 17.7 Å². The number of aliphatic hydroxyl groups is 1. The summed E-state index contributed by atoms with van der Waals surface area (Å²) in [6, 6.07) is 7.57. The predicted molar refractivity (Wildman–Crippen MR) is 78.1 cm³/mol. The lowest BCUT2D eigenvalue weighted by molar-refractivity contribution is -0.155.